The molecule has 0 aliphatic heterocycles. The van der Waals surface area contributed by atoms with E-state index in [9.17, 15) is 8.42 Å². The molecule has 0 saturated carbocycles. The number of sulfonamides is 1. The van der Waals surface area contributed by atoms with Crippen molar-refractivity contribution in [3.8, 4) is 0 Å². The number of aryl methyl sites for hydroxylation is 1. The molecule has 0 saturated heterocycles. The Kier molecular flexibility index (Phi) is 5.19. The number of rotatable bonds is 5. The molecule has 0 bridgehead atoms. The van der Waals surface area contributed by atoms with Gasteiger partial charge in [-0.3, -0.25) is 0 Å². The smallest absolute Gasteiger partial charge is 0.242 e. The topological polar surface area (TPSA) is 72.2 Å². The highest BCUT2D eigenvalue weighted by atomic mass is 35.5. The second-order valence-corrected chi connectivity index (χ2v) is 6.04. The summed E-state index contributed by atoms with van der Waals surface area (Å²) in [7, 11) is -3.61. The van der Waals surface area contributed by atoms with Gasteiger partial charge in [0, 0.05) is 12.2 Å². The zero-order valence-corrected chi connectivity index (χ0v) is 12.0. The van der Waals surface area contributed by atoms with Gasteiger partial charge in [0.2, 0.25) is 10.0 Å². The van der Waals surface area contributed by atoms with Gasteiger partial charge in [0.05, 0.1) is 5.02 Å². The molecular weight excluding hydrogens is 272 g/mol. The first-order chi connectivity index (χ1) is 8.38. The van der Waals surface area contributed by atoms with E-state index in [1.54, 1.807) is 13.0 Å². The molecule has 100 valence electrons. The average Bonchev–Trinajstić information content (AvgIpc) is 2.29. The summed E-state index contributed by atoms with van der Waals surface area (Å²) in [4.78, 5) is 0.0211. The summed E-state index contributed by atoms with van der Waals surface area (Å²) in [6.45, 7) is 3.99. The number of anilines is 1. The minimum atomic E-state index is -3.61. The summed E-state index contributed by atoms with van der Waals surface area (Å²) in [5.41, 5.74) is 6.87. The number of nitrogens with two attached hydrogens (primary N) is 1. The third-order valence-corrected chi connectivity index (χ3v) is 4.37. The summed E-state index contributed by atoms with van der Waals surface area (Å²) in [5, 5.41) is 0.181. The lowest BCUT2D eigenvalue weighted by Crippen LogP contribution is -2.25. The zero-order valence-electron chi connectivity index (χ0n) is 10.4. The molecule has 0 atom stereocenters. The molecule has 0 heterocycles. The maximum absolute atomic E-state index is 12.0. The second kappa shape index (κ2) is 6.22. The van der Waals surface area contributed by atoms with Crippen molar-refractivity contribution < 1.29 is 8.42 Å². The lowest BCUT2D eigenvalue weighted by Gasteiger charge is -2.10. The molecule has 3 N–H and O–H groups in total. The van der Waals surface area contributed by atoms with E-state index in [4.69, 9.17) is 17.3 Å². The van der Waals surface area contributed by atoms with E-state index in [0.717, 1.165) is 5.56 Å². The van der Waals surface area contributed by atoms with Gasteiger partial charge in [0.25, 0.3) is 0 Å². The number of benzene rings is 1. The lowest BCUT2D eigenvalue weighted by atomic mass is 10.2. The van der Waals surface area contributed by atoms with E-state index in [0.29, 0.717) is 18.7 Å². The molecule has 0 fully saturated rings. The van der Waals surface area contributed by atoms with Gasteiger partial charge in [-0.1, -0.05) is 23.8 Å². The Morgan fingerprint density at radius 2 is 2.11 bits per heavy atom. The molecule has 18 heavy (non-hydrogen) atoms. The first-order valence-corrected chi connectivity index (χ1v) is 7.41. The number of nitrogen functional groups attached to an aromatic ring is 1. The van der Waals surface area contributed by atoms with Crippen molar-refractivity contribution in [3.63, 3.8) is 0 Å². The summed E-state index contributed by atoms with van der Waals surface area (Å²) < 4.78 is 26.5. The number of allylic oxidation sites excluding steroid dienone is 1. The third-order valence-electron chi connectivity index (χ3n) is 2.45. The van der Waals surface area contributed by atoms with Gasteiger partial charge in [-0.15, -0.1) is 0 Å². The quantitative estimate of drug-likeness (QED) is 0.497. The zero-order chi connectivity index (χ0) is 13.8. The highest BCUT2D eigenvalue weighted by Crippen LogP contribution is 2.26. The van der Waals surface area contributed by atoms with Crippen LogP contribution in [0.2, 0.25) is 5.02 Å². The van der Waals surface area contributed by atoms with Gasteiger partial charge in [-0.25, -0.2) is 13.1 Å². The van der Waals surface area contributed by atoms with Gasteiger partial charge in [-0.05, 0) is 38.0 Å². The van der Waals surface area contributed by atoms with Crippen LogP contribution >= 0.6 is 11.6 Å². The van der Waals surface area contributed by atoms with Crippen molar-refractivity contribution in [2.24, 2.45) is 0 Å². The fraction of sp³-hybridized carbons (Fsp3) is 0.333. The van der Waals surface area contributed by atoms with E-state index in [-0.39, 0.29) is 9.92 Å². The molecule has 0 amide bonds. The van der Waals surface area contributed by atoms with Crippen LogP contribution in [-0.2, 0) is 10.0 Å². The van der Waals surface area contributed by atoms with E-state index >= 15 is 0 Å². The molecule has 0 aromatic heterocycles. The highest BCUT2D eigenvalue weighted by molar-refractivity contribution is 7.89. The predicted molar refractivity (Wildman–Crippen MR) is 75.2 cm³/mol. The summed E-state index contributed by atoms with van der Waals surface area (Å²) >= 11 is 5.94. The van der Waals surface area contributed by atoms with Crippen molar-refractivity contribution >= 4 is 27.3 Å². The molecular formula is C12H17ClN2O2S. The van der Waals surface area contributed by atoms with Crippen LogP contribution in [-0.4, -0.2) is 15.0 Å². The van der Waals surface area contributed by atoms with Crippen LogP contribution in [0.3, 0.4) is 0 Å². The van der Waals surface area contributed by atoms with Crippen LogP contribution < -0.4 is 10.5 Å². The van der Waals surface area contributed by atoms with Crippen LogP contribution in [0.5, 0.6) is 0 Å². The van der Waals surface area contributed by atoms with E-state index in [2.05, 4.69) is 4.72 Å². The fourth-order valence-electron chi connectivity index (χ4n) is 1.40. The number of nitrogens with one attached hydrogen (secondary N) is 1. The molecule has 6 heteroatoms. The summed E-state index contributed by atoms with van der Waals surface area (Å²) in [6.07, 6.45) is 4.38. The normalized spacial score (nSPS) is 12.2. The predicted octanol–water partition coefficient (Wildman–Crippen LogP) is 2.48. The molecule has 4 nitrogen and oxygen atoms in total. The van der Waals surface area contributed by atoms with E-state index < -0.39 is 10.0 Å². The van der Waals surface area contributed by atoms with E-state index in [1.165, 1.54) is 6.07 Å². The highest BCUT2D eigenvalue weighted by Gasteiger charge is 2.18. The van der Waals surface area contributed by atoms with Gasteiger partial charge < -0.3 is 5.73 Å². The van der Waals surface area contributed by atoms with Crippen molar-refractivity contribution in [1.82, 2.24) is 4.72 Å². The summed E-state index contributed by atoms with van der Waals surface area (Å²) in [5.74, 6) is 0. The first-order valence-electron chi connectivity index (χ1n) is 5.55. The largest absolute Gasteiger partial charge is 0.398 e. The van der Waals surface area contributed by atoms with Crippen molar-refractivity contribution in [2.45, 2.75) is 25.2 Å². The molecule has 0 radical (unpaired) electrons. The van der Waals surface area contributed by atoms with Crippen LogP contribution in [0, 0.1) is 6.92 Å². The maximum Gasteiger partial charge on any atom is 0.242 e. The van der Waals surface area contributed by atoms with Gasteiger partial charge in [0.1, 0.15) is 4.90 Å². The molecule has 0 spiro atoms. The van der Waals surface area contributed by atoms with Gasteiger partial charge in [0.15, 0.2) is 0 Å². The SMILES string of the molecule is C/C=C/CCNS(=O)(=O)c1cc(N)c(C)cc1Cl. The van der Waals surface area contributed by atoms with E-state index in [1.807, 2.05) is 19.1 Å². The van der Waals surface area contributed by atoms with Crippen LogP contribution in [0.15, 0.2) is 29.2 Å². The van der Waals surface area contributed by atoms with Crippen LogP contribution in [0.1, 0.15) is 18.9 Å². The Morgan fingerprint density at radius 3 is 2.72 bits per heavy atom. The van der Waals surface area contributed by atoms with Crippen LogP contribution in [0.4, 0.5) is 5.69 Å². The minimum absolute atomic E-state index is 0.0211. The standard InChI is InChI=1S/C12H17ClN2O2S/c1-3-4-5-6-15-18(16,17)12-8-11(14)9(2)7-10(12)13/h3-4,7-8,15H,5-6,14H2,1-2H3/b4-3+. The number of hydrogen-bond acceptors (Lipinski definition) is 3. The lowest BCUT2D eigenvalue weighted by molar-refractivity contribution is 0.582. The Morgan fingerprint density at radius 1 is 1.44 bits per heavy atom. The Bertz CT molecular complexity index is 553. The van der Waals surface area contributed by atoms with Crippen molar-refractivity contribution in [3.05, 3.63) is 34.9 Å². The monoisotopic (exact) mass is 288 g/mol. The Labute approximate surface area is 113 Å². The van der Waals surface area contributed by atoms with Crippen LogP contribution in [0.25, 0.3) is 0 Å². The fourth-order valence-corrected chi connectivity index (χ4v) is 3.06. The third kappa shape index (κ3) is 3.73. The van der Waals surface area contributed by atoms with Gasteiger partial charge >= 0.3 is 0 Å². The second-order valence-electron chi connectivity index (χ2n) is 3.89. The number of hydrogen-bond donors (Lipinski definition) is 2. The molecule has 0 aliphatic carbocycles. The van der Waals surface area contributed by atoms with Crippen molar-refractivity contribution in [1.29, 1.82) is 0 Å². The first kappa shape index (κ1) is 15.0. The van der Waals surface area contributed by atoms with Gasteiger partial charge in [-0.2, -0.15) is 0 Å². The molecule has 1 aromatic rings. The minimum Gasteiger partial charge on any atom is -0.398 e. The number of halogens is 1. The Balaban J connectivity index is 2.95. The molecule has 1 rings (SSSR count). The molecule has 0 unspecified atom stereocenters. The summed E-state index contributed by atoms with van der Waals surface area (Å²) in [6, 6.07) is 2.94. The molecule has 1 aromatic carbocycles. The maximum atomic E-state index is 12.0. The average molecular weight is 289 g/mol. The Hall–Kier alpha value is -1.04. The molecule has 0 aliphatic rings. The van der Waals surface area contributed by atoms with Crippen molar-refractivity contribution in [2.75, 3.05) is 12.3 Å².